The van der Waals surface area contributed by atoms with E-state index in [1.807, 2.05) is 63.2 Å². The number of nitrogens with zero attached hydrogens (tertiary/aromatic N) is 1. The summed E-state index contributed by atoms with van der Waals surface area (Å²) in [4.78, 5) is 12.8. The molecule has 1 heterocycles. The lowest BCUT2D eigenvalue weighted by atomic mass is 9.91. The third kappa shape index (κ3) is 6.16. The summed E-state index contributed by atoms with van der Waals surface area (Å²) in [6.07, 6.45) is 1.86. The average Bonchev–Trinajstić information content (AvgIpc) is 2.68. The smallest absolute Gasteiger partial charge is 0.223 e. The molecule has 5 nitrogen and oxygen atoms in total. The van der Waals surface area contributed by atoms with E-state index in [1.54, 1.807) is 0 Å². The van der Waals surface area contributed by atoms with Gasteiger partial charge in [0.05, 0.1) is 5.75 Å². The standard InChI is InChI=1S/C24H32N2O3S/c1-19-8-7-11-21(16-19)18-30(28,29)26-14-12-22(13-15-26)23(27)25-24(2,3)17-20-9-5-4-6-10-20/h4-11,16,22H,12-15,17-18H2,1-3H3,(H,25,27). The molecule has 162 valence electrons. The van der Waals surface area contributed by atoms with Gasteiger partial charge in [-0.2, -0.15) is 0 Å². The molecular formula is C24H32N2O3S. The van der Waals surface area contributed by atoms with Crippen LogP contribution in [0.15, 0.2) is 54.6 Å². The highest BCUT2D eigenvalue weighted by Crippen LogP contribution is 2.23. The molecular weight excluding hydrogens is 396 g/mol. The van der Waals surface area contributed by atoms with Crippen molar-refractivity contribution in [2.75, 3.05) is 13.1 Å². The van der Waals surface area contributed by atoms with Crippen LogP contribution >= 0.6 is 0 Å². The van der Waals surface area contributed by atoms with E-state index in [-0.39, 0.29) is 23.1 Å². The van der Waals surface area contributed by atoms with E-state index in [0.29, 0.717) is 25.9 Å². The Bertz CT molecular complexity index is 963. The van der Waals surface area contributed by atoms with Crippen LogP contribution in [-0.4, -0.2) is 37.3 Å². The van der Waals surface area contributed by atoms with E-state index in [2.05, 4.69) is 17.4 Å². The maximum absolute atomic E-state index is 12.8. The number of piperidine rings is 1. The van der Waals surface area contributed by atoms with Crippen LogP contribution in [0, 0.1) is 12.8 Å². The van der Waals surface area contributed by atoms with Gasteiger partial charge < -0.3 is 5.32 Å². The van der Waals surface area contributed by atoms with E-state index in [0.717, 1.165) is 17.5 Å². The molecule has 1 fully saturated rings. The Labute approximate surface area is 180 Å². The van der Waals surface area contributed by atoms with Gasteiger partial charge in [-0.15, -0.1) is 0 Å². The summed E-state index contributed by atoms with van der Waals surface area (Å²) in [5.41, 5.74) is 2.68. The highest BCUT2D eigenvalue weighted by atomic mass is 32.2. The normalized spacial score (nSPS) is 16.4. The molecule has 1 saturated heterocycles. The summed E-state index contributed by atoms with van der Waals surface area (Å²) < 4.78 is 27.1. The Morgan fingerprint density at radius 3 is 2.30 bits per heavy atom. The quantitative estimate of drug-likeness (QED) is 0.732. The minimum atomic E-state index is -3.38. The summed E-state index contributed by atoms with van der Waals surface area (Å²) in [6, 6.07) is 17.7. The zero-order valence-corrected chi connectivity index (χ0v) is 18.9. The number of amides is 1. The Balaban J connectivity index is 1.53. The molecule has 2 aromatic carbocycles. The lowest BCUT2D eigenvalue weighted by Crippen LogP contribution is -2.50. The van der Waals surface area contributed by atoms with Crippen molar-refractivity contribution in [3.63, 3.8) is 0 Å². The SMILES string of the molecule is Cc1cccc(CS(=O)(=O)N2CCC(C(=O)NC(C)(C)Cc3ccccc3)CC2)c1. The second-order valence-electron chi connectivity index (χ2n) is 8.95. The number of carbonyl (C=O) groups excluding carboxylic acids is 1. The fraction of sp³-hybridized carbons (Fsp3) is 0.458. The van der Waals surface area contributed by atoms with E-state index in [9.17, 15) is 13.2 Å². The molecule has 1 N–H and O–H groups in total. The van der Waals surface area contributed by atoms with E-state index in [4.69, 9.17) is 0 Å². The fourth-order valence-corrected chi connectivity index (χ4v) is 5.64. The van der Waals surface area contributed by atoms with Crippen molar-refractivity contribution in [3.05, 3.63) is 71.3 Å². The summed E-state index contributed by atoms with van der Waals surface area (Å²) in [7, 11) is -3.38. The first-order chi connectivity index (χ1) is 14.1. The Kier molecular flexibility index (Phi) is 6.98. The van der Waals surface area contributed by atoms with Crippen molar-refractivity contribution >= 4 is 15.9 Å². The van der Waals surface area contributed by atoms with Crippen LogP contribution in [0.5, 0.6) is 0 Å². The maximum Gasteiger partial charge on any atom is 0.223 e. The predicted molar refractivity (Wildman–Crippen MR) is 120 cm³/mol. The van der Waals surface area contributed by atoms with Crippen molar-refractivity contribution in [2.24, 2.45) is 5.92 Å². The number of carbonyl (C=O) groups is 1. The number of aryl methyl sites for hydroxylation is 1. The molecule has 3 rings (SSSR count). The molecule has 0 spiro atoms. The molecule has 30 heavy (non-hydrogen) atoms. The number of benzene rings is 2. The third-order valence-electron chi connectivity index (χ3n) is 5.60. The van der Waals surface area contributed by atoms with Gasteiger partial charge in [0.1, 0.15) is 0 Å². The van der Waals surface area contributed by atoms with Crippen LogP contribution in [0.3, 0.4) is 0 Å². The zero-order valence-electron chi connectivity index (χ0n) is 18.1. The molecule has 0 aromatic heterocycles. The topological polar surface area (TPSA) is 66.5 Å². The van der Waals surface area contributed by atoms with Crippen molar-refractivity contribution < 1.29 is 13.2 Å². The lowest BCUT2D eigenvalue weighted by Gasteiger charge is -2.33. The molecule has 6 heteroatoms. The summed E-state index contributed by atoms with van der Waals surface area (Å²) in [5.74, 6) is -0.118. The van der Waals surface area contributed by atoms with Crippen molar-refractivity contribution in [1.82, 2.24) is 9.62 Å². The van der Waals surface area contributed by atoms with E-state index in [1.165, 1.54) is 9.87 Å². The highest BCUT2D eigenvalue weighted by Gasteiger charge is 2.33. The molecule has 0 unspecified atom stereocenters. The molecule has 1 amide bonds. The number of sulfonamides is 1. The van der Waals surface area contributed by atoms with Crippen LogP contribution in [0.4, 0.5) is 0 Å². The van der Waals surface area contributed by atoms with Crippen molar-refractivity contribution in [2.45, 2.75) is 51.3 Å². The second kappa shape index (κ2) is 9.31. The number of hydrogen-bond donors (Lipinski definition) is 1. The first-order valence-electron chi connectivity index (χ1n) is 10.5. The monoisotopic (exact) mass is 428 g/mol. The van der Waals surface area contributed by atoms with Gasteiger partial charge in [-0.05, 0) is 51.2 Å². The molecule has 1 aliphatic heterocycles. The minimum absolute atomic E-state index is 0.00957. The van der Waals surface area contributed by atoms with E-state index >= 15 is 0 Å². The Morgan fingerprint density at radius 1 is 1.03 bits per heavy atom. The summed E-state index contributed by atoms with van der Waals surface area (Å²) in [5, 5.41) is 3.17. The Morgan fingerprint density at radius 2 is 1.67 bits per heavy atom. The molecule has 2 aromatic rings. The molecule has 0 bridgehead atoms. The molecule has 1 aliphatic rings. The first-order valence-corrected chi connectivity index (χ1v) is 12.1. The van der Waals surface area contributed by atoms with Gasteiger partial charge in [0.15, 0.2) is 0 Å². The number of hydrogen-bond acceptors (Lipinski definition) is 3. The van der Waals surface area contributed by atoms with Crippen molar-refractivity contribution in [1.29, 1.82) is 0 Å². The van der Waals surface area contributed by atoms with Gasteiger partial charge in [0.25, 0.3) is 0 Å². The van der Waals surface area contributed by atoms with Crippen LogP contribution in [-0.2, 0) is 27.0 Å². The summed E-state index contributed by atoms with van der Waals surface area (Å²) >= 11 is 0. The number of nitrogens with one attached hydrogen (secondary N) is 1. The second-order valence-corrected chi connectivity index (χ2v) is 10.9. The van der Waals surface area contributed by atoms with Crippen molar-refractivity contribution in [3.8, 4) is 0 Å². The van der Waals surface area contributed by atoms with Crippen LogP contribution in [0.25, 0.3) is 0 Å². The Hall–Kier alpha value is -2.18. The first kappa shape index (κ1) is 22.5. The fourth-order valence-electron chi connectivity index (χ4n) is 4.09. The van der Waals surface area contributed by atoms with Crippen LogP contribution in [0.1, 0.15) is 43.4 Å². The summed E-state index contributed by atoms with van der Waals surface area (Å²) in [6.45, 7) is 6.80. The van der Waals surface area contributed by atoms with Gasteiger partial charge in [-0.25, -0.2) is 12.7 Å². The van der Waals surface area contributed by atoms with Gasteiger partial charge >= 0.3 is 0 Å². The number of rotatable bonds is 7. The maximum atomic E-state index is 12.8. The molecule has 0 aliphatic carbocycles. The molecule has 0 radical (unpaired) electrons. The van der Waals surface area contributed by atoms with Gasteiger partial charge in [0, 0.05) is 24.5 Å². The average molecular weight is 429 g/mol. The van der Waals surface area contributed by atoms with Gasteiger partial charge in [-0.3, -0.25) is 4.79 Å². The largest absolute Gasteiger partial charge is 0.351 e. The minimum Gasteiger partial charge on any atom is -0.351 e. The van der Waals surface area contributed by atoms with E-state index < -0.39 is 10.0 Å². The van der Waals surface area contributed by atoms with Gasteiger partial charge in [-0.1, -0.05) is 60.2 Å². The lowest BCUT2D eigenvalue weighted by molar-refractivity contribution is -0.127. The molecule has 0 atom stereocenters. The van der Waals surface area contributed by atoms with Gasteiger partial charge in [0.2, 0.25) is 15.9 Å². The zero-order chi connectivity index (χ0) is 21.8. The highest BCUT2D eigenvalue weighted by molar-refractivity contribution is 7.88. The third-order valence-corrected chi connectivity index (χ3v) is 7.45. The predicted octanol–water partition coefficient (Wildman–Crippen LogP) is 3.67. The molecule has 0 saturated carbocycles. The van der Waals surface area contributed by atoms with Crippen LogP contribution < -0.4 is 5.32 Å². The van der Waals surface area contributed by atoms with Crippen LogP contribution in [0.2, 0.25) is 0 Å².